The average molecular weight is 882 g/mol. The summed E-state index contributed by atoms with van der Waals surface area (Å²) < 4.78 is 28.7. The van der Waals surface area contributed by atoms with Gasteiger partial charge in [0.15, 0.2) is 0 Å². The molecule has 1 aliphatic carbocycles. The van der Waals surface area contributed by atoms with E-state index in [1.54, 1.807) is 0 Å². The van der Waals surface area contributed by atoms with Crippen molar-refractivity contribution >= 4 is 36.2 Å². The van der Waals surface area contributed by atoms with Gasteiger partial charge in [-0.1, -0.05) is 132 Å². The van der Waals surface area contributed by atoms with Crippen LogP contribution in [0.15, 0.2) is 48.5 Å². The van der Waals surface area contributed by atoms with Gasteiger partial charge >= 0.3 is 0 Å². The molecule has 1 aliphatic rings. The van der Waals surface area contributed by atoms with Gasteiger partial charge in [0.25, 0.3) is 0 Å². The van der Waals surface area contributed by atoms with Crippen LogP contribution in [0.3, 0.4) is 0 Å². The van der Waals surface area contributed by atoms with Crippen LogP contribution in [0.1, 0.15) is 150 Å². The first-order valence-electron chi connectivity index (χ1n) is 22.8. The van der Waals surface area contributed by atoms with Crippen LogP contribution in [0, 0.1) is 0 Å². The van der Waals surface area contributed by atoms with E-state index < -0.39 is 36.2 Å². The molecular formula is C52H80O4Si4. The van der Waals surface area contributed by atoms with E-state index in [4.69, 9.17) is 17.7 Å². The number of hydrogen-bond donors (Lipinski definition) is 0. The van der Waals surface area contributed by atoms with Crippen molar-refractivity contribution in [2.75, 3.05) is 0 Å². The van der Waals surface area contributed by atoms with E-state index in [1.165, 1.54) is 66.8 Å². The van der Waals surface area contributed by atoms with Crippen molar-refractivity contribution in [1.29, 1.82) is 0 Å². The Hall–Kier alpha value is -3.05. The van der Waals surface area contributed by atoms with Crippen molar-refractivity contribution in [3.05, 3.63) is 115 Å². The van der Waals surface area contributed by atoms with Crippen LogP contribution < -0.4 is 17.7 Å². The standard InChI is InChI=1S/C52H80O4Si4/c1-49(2,3)41-25-33-21-35-27-42(50(4,5)6)29-37(46(35)54-58(15)16)23-39-31-44(52(10,11)12)32-40(48(39)56-60(19)20)24-38-30-43(51(7,8)9)28-36(47(38)55-59(17)18)22-34(26-41)45(33)53-57(13)14/h25-32,57-60H,21-24H2,1-20H3. The van der Waals surface area contributed by atoms with Crippen molar-refractivity contribution in [3.63, 3.8) is 0 Å². The third kappa shape index (κ3) is 11.7. The van der Waals surface area contributed by atoms with E-state index in [-0.39, 0.29) is 21.7 Å². The second-order valence-corrected chi connectivity index (χ2v) is 32.2. The molecule has 8 bridgehead atoms. The molecule has 5 rings (SSSR count). The zero-order valence-corrected chi connectivity index (χ0v) is 46.0. The first kappa shape index (κ1) is 48.0. The Labute approximate surface area is 373 Å². The lowest BCUT2D eigenvalue weighted by Crippen LogP contribution is -2.21. The smallest absolute Gasteiger partial charge is 0.229 e. The molecule has 0 unspecified atom stereocenters. The maximum Gasteiger partial charge on any atom is 0.229 e. The highest BCUT2D eigenvalue weighted by atomic mass is 28.3. The molecule has 4 aromatic carbocycles. The van der Waals surface area contributed by atoms with Crippen LogP contribution in [0.5, 0.6) is 23.0 Å². The molecule has 0 saturated heterocycles. The molecule has 8 heteroatoms. The largest absolute Gasteiger partial charge is 0.547 e. The molecule has 0 aromatic heterocycles. The van der Waals surface area contributed by atoms with Gasteiger partial charge in [-0.15, -0.1) is 0 Å². The number of rotatable bonds is 8. The first-order valence-corrected chi connectivity index (χ1v) is 33.9. The van der Waals surface area contributed by atoms with Crippen LogP contribution in [0.2, 0.25) is 52.4 Å². The van der Waals surface area contributed by atoms with Crippen molar-refractivity contribution in [2.45, 2.75) is 183 Å². The van der Waals surface area contributed by atoms with E-state index in [9.17, 15) is 0 Å². The number of fused-ring (bicyclic) bond motifs is 8. The maximum absolute atomic E-state index is 7.16. The van der Waals surface area contributed by atoms with Crippen molar-refractivity contribution in [1.82, 2.24) is 0 Å². The molecule has 0 spiro atoms. The van der Waals surface area contributed by atoms with Gasteiger partial charge < -0.3 is 17.7 Å². The van der Waals surface area contributed by atoms with Crippen LogP contribution in [0.4, 0.5) is 0 Å². The second kappa shape index (κ2) is 18.0. The second-order valence-electron chi connectivity index (χ2n) is 22.9. The lowest BCUT2D eigenvalue weighted by molar-refractivity contribution is 0.540. The molecule has 4 nitrogen and oxygen atoms in total. The Kier molecular flexibility index (Phi) is 14.4. The molecule has 0 radical (unpaired) electrons. The van der Waals surface area contributed by atoms with Gasteiger partial charge in [0, 0.05) is 25.7 Å². The summed E-state index contributed by atoms with van der Waals surface area (Å²) in [5.41, 5.74) is 15.1. The van der Waals surface area contributed by atoms with E-state index >= 15 is 0 Å². The van der Waals surface area contributed by atoms with Gasteiger partial charge in [0.2, 0.25) is 36.2 Å². The highest BCUT2D eigenvalue weighted by Crippen LogP contribution is 2.44. The predicted molar refractivity (Wildman–Crippen MR) is 270 cm³/mol. The van der Waals surface area contributed by atoms with Crippen LogP contribution in [-0.4, -0.2) is 36.2 Å². The maximum atomic E-state index is 7.16. The number of hydrogen-bond acceptors (Lipinski definition) is 4. The average Bonchev–Trinajstić information content (AvgIpc) is 3.06. The molecule has 328 valence electrons. The topological polar surface area (TPSA) is 36.9 Å². The predicted octanol–water partition coefficient (Wildman–Crippen LogP) is 13.0. The summed E-state index contributed by atoms with van der Waals surface area (Å²) in [5, 5.41) is 0. The summed E-state index contributed by atoms with van der Waals surface area (Å²) in [7, 11) is -6.13. The van der Waals surface area contributed by atoms with E-state index in [2.05, 4.69) is 184 Å². The van der Waals surface area contributed by atoms with E-state index in [0.717, 1.165) is 48.7 Å². The molecule has 0 atom stereocenters. The van der Waals surface area contributed by atoms with Crippen LogP contribution in [-0.2, 0) is 47.3 Å². The van der Waals surface area contributed by atoms with Crippen molar-refractivity contribution in [2.24, 2.45) is 0 Å². The monoisotopic (exact) mass is 881 g/mol. The summed E-state index contributed by atoms with van der Waals surface area (Å²) in [6.07, 6.45) is 2.91. The Bertz CT molecular complexity index is 1770. The molecule has 0 fully saturated rings. The molecule has 4 aromatic rings. The van der Waals surface area contributed by atoms with Gasteiger partial charge in [0.05, 0.1) is 0 Å². The fourth-order valence-corrected chi connectivity index (χ4v) is 11.3. The summed E-state index contributed by atoms with van der Waals surface area (Å²) in [4.78, 5) is 0. The lowest BCUT2D eigenvalue weighted by Gasteiger charge is -2.30. The van der Waals surface area contributed by atoms with Gasteiger partial charge in [-0.2, -0.15) is 0 Å². The Morgan fingerprint density at radius 3 is 0.517 bits per heavy atom. The molecule has 0 N–H and O–H groups in total. The molecule has 0 amide bonds. The number of benzene rings is 4. The zero-order valence-electron chi connectivity index (χ0n) is 41.4. The van der Waals surface area contributed by atoms with Crippen molar-refractivity contribution in [3.8, 4) is 23.0 Å². The highest BCUT2D eigenvalue weighted by molar-refractivity contribution is 6.50. The molecular weight excluding hydrogens is 801 g/mol. The lowest BCUT2D eigenvalue weighted by atomic mass is 9.79. The quantitative estimate of drug-likeness (QED) is 0.146. The third-order valence-corrected chi connectivity index (χ3v) is 14.2. The highest BCUT2D eigenvalue weighted by Gasteiger charge is 2.30. The summed E-state index contributed by atoms with van der Waals surface area (Å²) >= 11 is 0. The Morgan fingerprint density at radius 2 is 0.417 bits per heavy atom. The van der Waals surface area contributed by atoms with Gasteiger partial charge in [-0.25, -0.2) is 0 Å². The third-order valence-electron chi connectivity index (χ3n) is 11.4. The SMILES string of the molecule is C[SiH](C)Oc1c2cc(C(C)(C)C)cc1Cc1cc(C(C)(C)C)cc(c1O[SiH](C)C)Cc1cc(C(C)(C)C)cc(c1O[SiH](C)C)Cc1cc(C(C)(C)C)cc(c1O[SiH](C)C)C2. The zero-order chi connectivity index (χ0) is 44.9. The van der Waals surface area contributed by atoms with Crippen LogP contribution >= 0.6 is 0 Å². The minimum Gasteiger partial charge on any atom is -0.547 e. The van der Waals surface area contributed by atoms with Gasteiger partial charge in [0.1, 0.15) is 23.0 Å². The van der Waals surface area contributed by atoms with Crippen LogP contribution in [0.25, 0.3) is 0 Å². The van der Waals surface area contributed by atoms with Gasteiger partial charge in [-0.3, -0.25) is 0 Å². The Balaban J connectivity index is 2.05. The fraction of sp³-hybridized carbons (Fsp3) is 0.538. The first-order chi connectivity index (χ1) is 27.5. The normalized spacial score (nSPS) is 14.0. The minimum absolute atomic E-state index is 0.0626. The molecule has 60 heavy (non-hydrogen) atoms. The van der Waals surface area contributed by atoms with E-state index in [1.807, 2.05) is 0 Å². The van der Waals surface area contributed by atoms with Crippen molar-refractivity contribution < 1.29 is 17.7 Å². The summed E-state index contributed by atoms with van der Waals surface area (Å²) in [6.45, 7) is 46.5. The van der Waals surface area contributed by atoms with E-state index in [0.29, 0.717) is 0 Å². The molecule has 0 heterocycles. The molecule has 0 aliphatic heterocycles. The summed E-state index contributed by atoms with van der Waals surface area (Å²) in [5.74, 6) is 4.22. The summed E-state index contributed by atoms with van der Waals surface area (Å²) in [6, 6.07) is 19.6. The fourth-order valence-electron chi connectivity index (χ4n) is 8.17. The van der Waals surface area contributed by atoms with Gasteiger partial charge in [-0.05, 0) is 141 Å². The Morgan fingerprint density at radius 1 is 0.283 bits per heavy atom. The minimum atomic E-state index is -1.53. The molecule has 0 saturated carbocycles.